The van der Waals surface area contributed by atoms with Gasteiger partial charge in [-0.25, -0.2) is 19.3 Å². The van der Waals surface area contributed by atoms with Gasteiger partial charge >= 0.3 is 11.9 Å². The van der Waals surface area contributed by atoms with E-state index in [0.717, 1.165) is 10.6 Å². The first-order valence-electron chi connectivity index (χ1n) is 6.13. The Morgan fingerprint density at radius 2 is 1.91 bits per heavy atom. The van der Waals surface area contributed by atoms with Crippen LogP contribution in [0.25, 0.3) is 16.9 Å². The molecule has 3 heterocycles. The molecular formula is C13H6ClF3N4O2. The van der Waals surface area contributed by atoms with Crippen molar-refractivity contribution in [3.63, 3.8) is 0 Å². The summed E-state index contributed by atoms with van der Waals surface area (Å²) in [5, 5.41) is -0.179. The number of hydrogen-bond acceptors (Lipinski definition) is 4. The molecular weight excluding hydrogens is 337 g/mol. The Hall–Kier alpha value is -2.68. The molecule has 0 aromatic carbocycles. The molecule has 0 aliphatic carbocycles. The first-order chi connectivity index (χ1) is 10.8. The van der Waals surface area contributed by atoms with Crippen molar-refractivity contribution in [1.82, 2.24) is 19.5 Å². The average Bonchev–Trinajstić information content (AvgIpc) is 2.47. The van der Waals surface area contributed by atoms with Crippen LogP contribution < -0.4 is 11.2 Å². The summed E-state index contributed by atoms with van der Waals surface area (Å²) in [6.07, 6.45) is -3.43. The molecule has 0 saturated carbocycles. The van der Waals surface area contributed by atoms with E-state index in [2.05, 4.69) is 9.97 Å². The fraction of sp³-hybridized carbons (Fsp3) is 0.0769. The molecule has 0 bridgehead atoms. The van der Waals surface area contributed by atoms with E-state index in [0.29, 0.717) is 6.07 Å². The van der Waals surface area contributed by atoms with Crippen molar-refractivity contribution in [3.05, 3.63) is 62.0 Å². The van der Waals surface area contributed by atoms with E-state index in [4.69, 9.17) is 11.6 Å². The first kappa shape index (κ1) is 15.2. The summed E-state index contributed by atoms with van der Waals surface area (Å²) in [5.74, 6) is -0.132. The molecule has 6 nitrogen and oxygen atoms in total. The van der Waals surface area contributed by atoms with Crippen molar-refractivity contribution in [2.24, 2.45) is 0 Å². The number of rotatable bonds is 1. The third-order valence-electron chi connectivity index (χ3n) is 3.00. The van der Waals surface area contributed by atoms with E-state index in [1.807, 2.05) is 4.98 Å². The second kappa shape index (κ2) is 5.20. The summed E-state index contributed by atoms with van der Waals surface area (Å²) in [6, 6.07) is 4.49. The Balaban J connectivity index is 2.48. The van der Waals surface area contributed by atoms with E-state index in [1.54, 1.807) is 0 Å². The molecule has 0 aliphatic heterocycles. The topological polar surface area (TPSA) is 80.6 Å². The van der Waals surface area contributed by atoms with Gasteiger partial charge in [0.2, 0.25) is 0 Å². The van der Waals surface area contributed by atoms with Gasteiger partial charge in [-0.05, 0) is 24.3 Å². The lowest BCUT2D eigenvalue weighted by molar-refractivity contribution is -0.141. The standard InChI is InChI=1S/C13H6ClF3N4O2/c14-7-2-1-5-18-10(7)21-9-6(11(22)20-12(21)23)3-4-8(19-9)13(15,16)17/h1-5H,(H,20,22,23). The summed E-state index contributed by atoms with van der Waals surface area (Å²) in [4.78, 5) is 33.1. The zero-order valence-electron chi connectivity index (χ0n) is 11.1. The lowest BCUT2D eigenvalue weighted by Gasteiger charge is -2.11. The maximum atomic E-state index is 12.9. The van der Waals surface area contributed by atoms with Gasteiger partial charge in [0, 0.05) is 6.20 Å². The third-order valence-corrected chi connectivity index (χ3v) is 3.29. The van der Waals surface area contributed by atoms with Crippen LogP contribution in [0.3, 0.4) is 0 Å². The third kappa shape index (κ3) is 2.59. The number of pyridine rings is 2. The molecule has 0 unspecified atom stereocenters. The predicted molar refractivity (Wildman–Crippen MR) is 75.8 cm³/mol. The summed E-state index contributed by atoms with van der Waals surface area (Å²) in [5.41, 5.74) is -3.56. The van der Waals surface area contributed by atoms with E-state index in [9.17, 15) is 22.8 Å². The number of hydrogen-bond donors (Lipinski definition) is 1. The maximum Gasteiger partial charge on any atom is 0.433 e. The summed E-state index contributed by atoms with van der Waals surface area (Å²) in [6.45, 7) is 0. The van der Waals surface area contributed by atoms with E-state index in [1.165, 1.54) is 18.3 Å². The number of alkyl halides is 3. The van der Waals surface area contributed by atoms with Crippen LogP contribution in [-0.2, 0) is 6.18 Å². The van der Waals surface area contributed by atoms with Crippen LogP contribution >= 0.6 is 11.6 Å². The Bertz CT molecular complexity index is 1030. The Morgan fingerprint density at radius 3 is 2.57 bits per heavy atom. The quantitative estimate of drug-likeness (QED) is 0.734. The van der Waals surface area contributed by atoms with Crippen LogP contribution in [0, 0.1) is 0 Å². The molecule has 0 fully saturated rings. The normalized spacial score (nSPS) is 11.8. The van der Waals surface area contributed by atoms with Crippen LogP contribution in [0.15, 0.2) is 40.1 Å². The number of aromatic amines is 1. The van der Waals surface area contributed by atoms with Crippen LogP contribution in [0.2, 0.25) is 5.02 Å². The summed E-state index contributed by atoms with van der Waals surface area (Å²) < 4.78 is 39.3. The molecule has 0 aliphatic rings. The maximum absolute atomic E-state index is 12.9. The molecule has 0 spiro atoms. The molecule has 1 N–H and O–H groups in total. The van der Waals surface area contributed by atoms with Gasteiger partial charge in [-0.3, -0.25) is 9.78 Å². The van der Waals surface area contributed by atoms with Gasteiger partial charge in [0.05, 0.1) is 10.4 Å². The molecule has 118 valence electrons. The highest BCUT2D eigenvalue weighted by molar-refractivity contribution is 6.32. The minimum atomic E-state index is -4.73. The molecule has 0 amide bonds. The van der Waals surface area contributed by atoms with Crippen LogP contribution in [-0.4, -0.2) is 19.5 Å². The van der Waals surface area contributed by atoms with E-state index < -0.39 is 28.8 Å². The Kier molecular flexibility index (Phi) is 3.44. The van der Waals surface area contributed by atoms with Crippen molar-refractivity contribution < 1.29 is 13.2 Å². The zero-order chi connectivity index (χ0) is 16.8. The van der Waals surface area contributed by atoms with Crippen molar-refractivity contribution >= 4 is 22.6 Å². The molecule has 3 aromatic rings. The van der Waals surface area contributed by atoms with Crippen molar-refractivity contribution in [2.45, 2.75) is 6.18 Å². The zero-order valence-corrected chi connectivity index (χ0v) is 11.8. The van der Waals surface area contributed by atoms with Crippen molar-refractivity contribution in [2.75, 3.05) is 0 Å². The molecule has 3 aromatic heterocycles. The number of nitrogens with one attached hydrogen (secondary N) is 1. The van der Waals surface area contributed by atoms with Gasteiger partial charge in [-0.15, -0.1) is 0 Å². The number of H-pyrrole nitrogens is 1. The molecule has 0 radical (unpaired) electrons. The number of fused-ring (bicyclic) bond motifs is 1. The summed E-state index contributed by atoms with van der Waals surface area (Å²) in [7, 11) is 0. The van der Waals surface area contributed by atoms with Crippen LogP contribution in [0.4, 0.5) is 13.2 Å². The molecule has 0 atom stereocenters. The number of halogens is 4. The van der Waals surface area contributed by atoms with Gasteiger partial charge in [-0.1, -0.05) is 11.6 Å². The van der Waals surface area contributed by atoms with Crippen LogP contribution in [0.1, 0.15) is 5.69 Å². The molecule has 10 heteroatoms. The minimum absolute atomic E-state index is 0.0159. The number of aromatic nitrogens is 4. The largest absolute Gasteiger partial charge is 0.433 e. The predicted octanol–water partition coefficient (Wildman–Crippen LogP) is 2.14. The highest BCUT2D eigenvalue weighted by Gasteiger charge is 2.33. The average molecular weight is 343 g/mol. The molecule has 23 heavy (non-hydrogen) atoms. The lowest BCUT2D eigenvalue weighted by Crippen LogP contribution is -2.31. The van der Waals surface area contributed by atoms with Gasteiger partial charge in [0.1, 0.15) is 5.69 Å². The van der Waals surface area contributed by atoms with Crippen molar-refractivity contribution in [3.8, 4) is 5.82 Å². The first-order valence-corrected chi connectivity index (χ1v) is 6.51. The minimum Gasteiger partial charge on any atom is -0.273 e. The second-order valence-electron chi connectivity index (χ2n) is 4.47. The van der Waals surface area contributed by atoms with Crippen LogP contribution in [0.5, 0.6) is 0 Å². The fourth-order valence-corrected chi connectivity index (χ4v) is 2.21. The van der Waals surface area contributed by atoms with E-state index in [-0.39, 0.29) is 16.2 Å². The van der Waals surface area contributed by atoms with Crippen molar-refractivity contribution in [1.29, 1.82) is 0 Å². The fourth-order valence-electron chi connectivity index (χ4n) is 2.01. The monoisotopic (exact) mass is 342 g/mol. The Morgan fingerprint density at radius 1 is 1.17 bits per heavy atom. The number of nitrogens with zero attached hydrogens (tertiary/aromatic N) is 3. The van der Waals surface area contributed by atoms with Gasteiger partial charge in [-0.2, -0.15) is 13.2 Å². The second-order valence-corrected chi connectivity index (χ2v) is 4.88. The smallest absolute Gasteiger partial charge is 0.273 e. The SMILES string of the molecule is O=c1[nH]c(=O)n(-c2ncccc2Cl)c2nc(C(F)(F)F)ccc12. The highest BCUT2D eigenvalue weighted by Crippen LogP contribution is 2.28. The van der Waals surface area contributed by atoms with Gasteiger partial charge < -0.3 is 0 Å². The summed E-state index contributed by atoms with van der Waals surface area (Å²) >= 11 is 5.94. The molecule has 0 saturated heterocycles. The van der Waals surface area contributed by atoms with Gasteiger partial charge in [0.25, 0.3) is 5.56 Å². The highest BCUT2D eigenvalue weighted by atomic mass is 35.5. The van der Waals surface area contributed by atoms with Gasteiger partial charge in [0.15, 0.2) is 11.5 Å². The van der Waals surface area contributed by atoms with E-state index >= 15 is 0 Å². The Labute approximate surface area is 130 Å². The molecule has 3 rings (SSSR count). The lowest BCUT2D eigenvalue weighted by atomic mass is 10.2.